The Morgan fingerprint density at radius 1 is 1.25 bits per heavy atom. The van der Waals surface area contributed by atoms with Gasteiger partial charge in [-0.05, 0) is 29.8 Å². The third kappa shape index (κ3) is 2.87. The smallest absolute Gasteiger partial charge is 0.337 e. The SMILES string of the molecule is N#Cc1ccc(CNc2c(N)cccc2C(=O)O)cc1. The van der Waals surface area contributed by atoms with Gasteiger partial charge in [-0.15, -0.1) is 0 Å². The summed E-state index contributed by atoms with van der Waals surface area (Å²) in [5.41, 5.74) is 8.25. The molecule has 0 aliphatic carbocycles. The lowest BCUT2D eigenvalue weighted by atomic mass is 10.1. The van der Waals surface area contributed by atoms with Gasteiger partial charge in [0.1, 0.15) is 0 Å². The number of aromatic carboxylic acids is 1. The molecule has 0 saturated carbocycles. The molecule has 2 rings (SSSR count). The maximum absolute atomic E-state index is 11.1. The van der Waals surface area contributed by atoms with Crippen molar-refractivity contribution in [2.45, 2.75) is 6.54 Å². The average molecular weight is 267 g/mol. The van der Waals surface area contributed by atoms with Crippen molar-refractivity contribution in [3.63, 3.8) is 0 Å². The van der Waals surface area contributed by atoms with Crippen LogP contribution in [0.25, 0.3) is 0 Å². The second-order valence-corrected chi connectivity index (χ2v) is 4.24. The molecule has 0 atom stereocenters. The highest BCUT2D eigenvalue weighted by Gasteiger charge is 2.11. The van der Waals surface area contributed by atoms with E-state index in [2.05, 4.69) is 5.32 Å². The van der Waals surface area contributed by atoms with Gasteiger partial charge < -0.3 is 16.2 Å². The van der Waals surface area contributed by atoms with Crippen LogP contribution in [0.2, 0.25) is 0 Å². The molecule has 0 radical (unpaired) electrons. The predicted molar refractivity (Wildman–Crippen MR) is 76.3 cm³/mol. The van der Waals surface area contributed by atoms with Crippen LogP contribution in [-0.2, 0) is 6.54 Å². The van der Waals surface area contributed by atoms with Crippen molar-refractivity contribution >= 4 is 17.3 Å². The first-order valence-corrected chi connectivity index (χ1v) is 5.96. The Morgan fingerprint density at radius 2 is 1.95 bits per heavy atom. The first kappa shape index (κ1) is 13.4. The van der Waals surface area contributed by atoms with Crippen LogP contribution in [0.3, 0.4) is 0 Å². The van der Waals surface area contributed by atoms with Gasteiger partial charge in [0.2, 0.25) is 0 Å². The number of anilines is 2. The second kappa shape index (κ2) is 5.76. The Kier molecular flexibility index (Phi) is 3.87. The van der Waals surface area contributed by atoms with E-state index >= 15 is 0 Å². The summed E-state index contributed by atoms with van der Waals surface area (Å²) < 4.78 is 0. The molecule has 2 aromatic carbocycles. The summed E-state index contributed by atoms with van der Waals surface area (Å²) in [7, 11) is 0. The van der Waals surface area contributed by atoms with Gasteiger partial charge in [0.05, 0.1) is 28.6 Å². The van der Waals surface area contributed by atoms with Gasteiger partial charge in [0.25, 0.3) is 0 Å². The van der Waals surface area contributed by atoms with Crippen molar-refractivity contribution in [2.75, 3.05) is 11.1 Å². The molecular weight excluding hydrogens is 254 g/mol. The van der Waals surface area contributed by atoms with Gasteiger partial charge in [0.15, 0.2) is 0 Å². The number of carboxylic acids is 1. The number of rotatable bonds is 4. The maximum Gasteiger partial charge on any atom is 0.337 e. The molecule has 0 amide bonds. The summed E-state index contributed by atoms with van der Waals surface area (Å²) in [5, 5.41) is 20.9. The van der Waals surface area contributed by atoms with Crippen LogP contribution in [0.15, 0.2) is 42.5 Å². The number of nitrogens with one attached hydrogen (secondary N) is 1. The number of benzene rings is 2. The van der Waals surface area contributed by atoms with Crippen LogP contribution < -0.4 is 11.1 Å². The van der Waals surface area contributed by atoms with Crippen molar-refractivity contribution in [3.05, 3.63) is 59.2 Å². The Labute approximate surface area is 116 Å². The minimum atomic E-state index is -1.03. The molecule has 0 bridgehead atoms. The normalized spacial score (nSPS) is 9.75. The number of hydrogen-bond donors (Lipinski definition) is 3. The number of nitriles is 1. The number of carbonyl (C=O) groups is 1. The van der Waals surface area contributed by atoms with Gasteiger partial charge in [0, 0.05) is 6.54 Å². The number of nitrogens with two attached hydrogens (primary N) is 1. The van der Waals surface area contributed by atoms with Crippen LogP contribution in [0.4, 0.5) is 11.4 Å². The summed E-state index contributed by atoms with van der Waals surface area (Å²) in [6.07, 6.45) is 0. The Bertz CT molecular complexity index is 673. The zero-order valence-electron chi connectivity index (χ0n) is 10.6. The molecule has 20 heavy (non-hydrogen) atoms. The third-order valence-electron chi connectivity index (χ3n) is 2.88. The molecule has 0 saturated heterocycles. The van der Waals surface area contributed by atoms with Crippen LogP contribution in [0, 0.1) is 11.3 Å². The second-order valence-electron chi connectivity index (χ2n) is 4.24. The maximum atomic E-state index is 11.1. The highest BCUT2D eigenvalue weighted by molar-refractivity contribution is 5.97. The van der Waals surface area contributed by atoms with E-state index in [0.29, 0.717) is 23.5 Å². The summed E-state index contributed by atoms with van der Waals surface area (Å²) in [5.74, 6) is -1.03. The minimum absolute atomic E-state index is 0.138. The summed E-state index contributed by atoms with van der Waals surface area (Å²) in [6.45, 7) is 0.431. The van der Waals surface area contributed by atoms with Crippen LogP contribution >= 0.6 is 0 Å². The Hall–Kier alpha value is -3.00. The quantitative estimate of drug-likeness (QED) is 0.739. The molecule has 5 heteroatoms. The van der Waals surface area contributed by atoms with Crippen molar-refractivity contribution < 1.29 is 9.90 Å². The summed E-state index contributed by atoms with van der Waals surface area (Å²) in [4.78, 5) is 11.1. The first-order valence-electron chi connectivity index (χ1n) is 5.96. The highest BCUT2D eigenvalue weighted by Crippen LogP contribution is 2.24. The van der Waals surface area contributed by atoms with Gasteiger partial charge >= 0.3 is 5.97 Å². The van der Waals surface area contributed by atoms with E-state index in [1.165, 1.54) is 6.07 Å². The molecule has 100 valence electrons. The molecule has 0 heterocycles. The zero-order valence-corrected chi connectivity index (χ0v) is 10.6. The van der Waals surface area contributed by atoms with Crippen molar-refractivity contribution in [2.24, 2.45) is 0 Å². The molecule has 2 aromatic rings. The fourth-order valence-corrected chi connectivity index (χ4v) is 1.83. The molecule has 4 N–H and O–H groups in total. The van der Waals surface area contributed by atoms with Gasteiger partial charge in [-0.1, -0.05) is 18.2 Å². The van der Waals surface area contributed by atoms with E-state index < -0.39 is 5.97 Å². The topological polar surface area (TPSA) is 99.1 Å². The lowest BCUT2D eigenvalue weighted by Crippen LogP contribution is -2.08. The fourth-order valence-electron chi connectivity index (χ4n) is 1.83. The van der Waals surface area contributed by atoms with Crippen molar-refractivity contribution in [1.29, 1.82) is 5.26 Å². The molecule has 0 aromatic heterocycles. The van der Waals surface area contributed by atoms with Gasteiger partial charge in [-0.2, -0.15) is 5.26 Å². The predicted octanol–water partition coefficient (Wildman–Crippen LogP) is 2.45. The van der Waals surface area contributed by atoms with Crippen LogP contribution in [0.5, 0.6) is 0 Å². The molecule has 5 nitrogen and oxygen atoms in total. The molecule has 0 spiro atoms. The van der Waals surface area contributed by atoms with E-state index in [1.54, 1.807) is 24.3 Å². The van der Waals surface area contributed by atoms with E-state index in [9.17, 15) is 4.79 Å². The molecular formula is C15H13N3O2. The summed E-state index contributed by atoms with van der Waals surface area (Å²) >= 11 is 0. The summed E-state index contributed by atoms with van der Waals surface area (Å²) in [6, 6.07) is 13.8. The lowest BCUT2D eigenvalue weighted by molar-refractivity contribution is 0.0698. The molecule has 0 aliphatic heterocycles. The van der Waals surface area contributed by atoms with Crippen LogP contribution in [-0.4, -0.2) is 11.1 Å². The van der Waals surface area contributed by atoms with Gasteiger partial charge in [-0.3, -0.25) is 0 Å². The number of hydrogen-bond acceptors (Lipinski definition) is 4. The fraction of sp³-hybridized carbons (Fsp3) is 0.0667. The van der Waals surface area contributed by atoms with E-state index in [4.69, 9.17) is 16.1 Å². The van der Waals surface area contributed by atoms with Crippen molar-refractivity contribution in [1.82, 2.24) is 0 Å². The average Bonchev–Trinajstić information content (AvgIpc) is 2.46. The zero-order chi connectivity index (χ0) is 14.5. The standard InChI is InChI=1S/C15H13N3O2/c16-8-10-4-6-11(7-5-10)9-18-14-12(15(19)20)2-1-3-13(14)17/h1-7,18H,9,17H2,(H,19,20). The Balaban J connectivity index is 2.18. The highest BCUT2D eigenvalue weighted by atomic mass is 16.4. The Morgan fingerprint density at radius 3 is 2.55 bits per heavy atom. The lowest BCUT2D eigenvalue weighted by Gasteiger charge is -2.12. The molecule has 0 aliphatic rings. The largest absolute Gasteiger partial charge is 0.478 e. The minimum Gasteiger partial charge on any atom is -0.478 e. The van der Waals surface area contributed by atoms with E-state index in [-0.39, 0.29) is 5.56 Å². The van der Waals surface area contributed by atoms with E-state index in [1.807, 2.05) is 18.2 Å². The number of nitrogen functional groups attached to an aromatic ring is 1. The first-order chi connectivity index (χ1) is 9.61. The number of nitrogens with zero attached hydrogens (tertiary/aromatic N) is 1. The monoisotopic (exact) mass is 267 g/mol. The van der Waals surface area contributed by atoms with Crippen molar-refractivity contribution in [3.8, 4) is 6.07 Å². The molecule has 0 unspecified atom stereocenters. The number of carboxylic acid groups (broad SMARTS) is 1. The van der Waals surface area contributed by atoms with E-state index in [0.717, 1.165) is 5.56 Å². The van der Waals surface area contributed by atoms with Crippen LogP contribution in [0.1, 0.15) is 21.5 Å². The van der Waals surface area contributed by atoms with Gasteiger partial charge in [-0.25, -0.2) is 4.79 Å². The number of para-hydroxylation sites is 1. The molecule has 0 fully saturated rings. The third-order valence-corrected chi connectivity index (χ3v) is 2.88.